The largest absolute Gasteiger partial charge is 0.343 e. The minimum Gasteiger partial charge on any atom is -0.343 e. The van der Waals surface area contributed by atoms with Crippen molar-refractivity contribution in [1.82, 2.24) is 14.9 Å². The van der Waals surface area contributed by atoms with Crippen LogP contribution in [0.4, 0.5) is 11.4 Å². The third-order valence-corrected chi connectivity index (χ3v) is 3.87. The molecule has 2 aromatic rings. The number of benzene rings is 1. The summed E-state index contributed by atoms with van der Waals surface area (Å²) in [5, 5.41) is 14.3. The molecule has 0 atom stereocenters. The molecule has 12 heteroatoms. The van der Waals surface area contributed by atoms with E-state index >= 15 is 0 Å². The van der Waals surface area contributed by atoms with Crippen molar-refractivity contribution in [3.8, 4) is 0 Å². The van der Waals surface area contributed by atoms with Crippen LogP contribution in [0.5, 0.6) is 0 Å². The maximum Gasteiger partial charge on any atom is 0.289 e. The van der Waals surface area contributed by atoms with Gasteiger partial charge < -0.3 is 9.95 Å². The van der Waals surface area contributed by atoms with Gasteiger partial charge in [0.15, 0.2) is 10.7 Å². The highest BCUT2D eigenvalue weighted by Crippen LogP contribution is 2.26. The molecule has 1 aromatic heterocycles. The average Bonchev–Trinajstić information content (AvgIpc) is 2.98. The number of sulfonamides is 1. The number of hydrogen-bond acceptors (Lipinski definition) is 9. The molecule has 0 aliphatic heterocycles. The van der Waals surface area contributed by atoms with Crippen LogP contribution in [0.3, 0.4) is 0 Å². The van der Waals surface area contributed by atoms with Crippen molar-refractivity contribution >= 4 is 21.4 Å². The van der Waals surface area contributed by atoms with Crippen molar-refractivity contribution in [2.24, 2.45) is 5.84 Å². The fourth-order valence-electron chi connectivity index (χ4n) is 1.48. The fourth-order valence-corrected chi connectivity index (χ4v) is 2.65. The number of nitro benzene ring substituents is 1. The molecule has 0 radical (unpaired) electrons. The van der Waals surface area contributed by atoms with Gasteiger partial charge in [-0.05, 0) is 12.1 Å². The normalized spacial score (nSPS) is 11.3. The Labute approximate surface area is 118 Å². The Balaban J connectivity index is 2.35. The Morgan fingerprint density at radius 1 is 1.43 bits per heavy atom. The molecule has 0 aliphatic carbocycles. The number of anilines is 1. The Hall–Kier alpha value is -2.57. The monoisotopic (exact) mass is 314 g/mol. The summed E-state index contributed by atoms with van der Waals surface area (Å²) in [5.74, 6) is 5.26. The van der Waals surface area contributed by atoms with Gasteiger partial charge in [0.25, 0.3) is 5.69 Å². The predicted molar refractivity (Wildman–Crippen MR) is 69.2 cm³/mol. The summed E-state index contributed by atoms with van der Waals surface area (Å²) in [6.45, 7) is -0.268. The molecule has 1 aromatic carbocycles. The van der Waals surface area contributed by atoms with Crippen LogP contribution in [0.25, 0.3) is 0 Å². The van der Waals surface area contributed by atoms with Gasteiger partial charge in [-0.25, -0.2) is 13.1 Å². The third-order valence-electron chi connectivity index (χ3n) is 2.44. The first-order chi connectivity index (χ1) is 9.94. The molecule has 0 saturated heterocycles. The van der Waals surface area contributed by atoms with Crippen molar-refractivity contribution in [1.29, 1.82) is 0 Å². The van der Waals surface area contributed by atoms with E-state index in [0.717, 1.165) is 18.5 Å². The van der Waals surface area contributed by atoms with Gasteiger partial charge in [0.1, 0.15) is 0 Å². The highest BCUT2D eigenvalue weighted by Gasteiger charge is 2.26. The number of nitro groups is 1. The highest BCUT2D eigenvalue weighted by atomic mass is 32.2. The van der Waals surface area contributed by atoms with Crippen LogP contribution in [0.2, 0.25) is 0 Å². The average molecular weight is 314 g/mol. The Morgan fingerprint density at radius 2 is 2.19 bits per heavy atom. The van der Waals surface area contributed by atoms with Crippen LogP contribution in [-0.4, -0.2) is 23.5 Å². The second-order valence-electron chi connectivity index (χ2n) is 3.76. The Kier molecular flexibility index (Phi) is 4.11. The van der Waals surface area contributed by atoms with Crippen LogP contribution < -0.4 is 16.0 Å². The summed E-state index contributed by atoms with van der Waals surface area (Å²) in [5.41, 5.74) is 1.86. The van der Waals surface area contributed by atoms with E-state index < -0.39 is 25.5 Å². The molecule has 112 valence electrons. The standard InChI is InChI=1S/C9H10N6O5S/c10-13-6-1-2-7(15(16)17)8(3-6)21(18,19)12-4-9-11-5-20-14-9/h1-3,5,12-13H,4,10H2. The number of nitrogens with one attached hydrogen (secondary N) is 2. The van der Waals surface area contributed by atoms with E-state index in [9.17, 15) is 18.5 Å². The molecule has 4 N–H and O–H groups in total. The van der Waals surface area contributed by atoms with Gasteiger partial charge in [-0.1, -0.05) is 5.16 Å². The molecule has 0 spiro atoms. The van der Waals surface area contributed by atoms with E-state index in [1.165, 1.54) is 6.07 Å². The van der Waals surface area contributed by atoms with Crippen molar-refractivity contribution in [3.63, 3.8) is 0 Å². The lowest BCUT2D eigenvalue weighted by atomic mass is 10.3. The van der Waals surface area contributed by atoms with Gasteiger partial charge >= 0.3 is 0 Å². The highest BCUT2D eigenvalue weighted by molar-refractivity contribution is 7.89. The SMILES string of the molecule is NNc1ccc([N+](=O)[O-])c(S(=O)(=O)NCc2ncon2)c1. The second-order valence-corrected chi connectivity index (χ2v) is 5.49. The topological polar surface area (TPSA) is 166 Å². The zero-order valence-corrected chi connectivity index (χ0v) is 11.2. The molecule has 0 unspecified atom stereocenters. The predicted octanol–water partition coefficient (Wildman–Crippen LogP) is -0.258. The van der Waals surface area contributed by atoms with E-state index in [-0.39, 0.29) is 18.1 Å². The number of nitrogens with two attached hydrogens (primary N) is 1. The number of hydrogen-bond donors (Lipinski definition) is 3. The molecular formula is C9H10N6O5S. The van der Waals surface area contributed by atoms with E-state index in [1.807, 2.05) is 0 Å². The van der Waals surface area contributed by atoms with Crippen molar-refractivity contribution < 1.29 is 17.9 Å². The lowest BCUT2D eigenvalue weighted by Gasteiger charge is -2.07. The summed E-state index contributed by atoms with van der Waals surface area (Å²) >= 11 is 0. The molecule has 0 bridgehead atoms. The molecule has 0 fully saturated rings. The number of nitrogen functional groups attached to an aromatic ring is 1. The molecular weight excluding hydrogens is 304 g/mol. The summed E-state index contributed by atoms with van der Waals surface area (Å²) in [7, 11) is -4.15. The van der Waals surface area contributed by atoms with E-state index in [4.69, 9.17) is 5.84 Å². The molecule has 0 saturated carbocycles. The maximum absolute atomic E-state index is 12.2. The smallest absolute Gasteiger partial charge is 0.289 e. The summed E-state index contributed by atoms with van der Waals surface area (Å²) < 4.78 is 30.9. The van der Waals surface area contributed by atoms with E-state index in [1.54, 1.807) is 0 Å². The minimum atomic E-state index is -4.15. The van der Waals surface area contributed by atoms with Crippen LogP contribution in [0, 0.1) is 10.1 Å². The van der Waals surface area contributed by atoms with Crippen molar-refractivity contribution in [3.05, 3.63) is 40.5 Å². The summed E-state index contributed by atoms with van der Waals surface area (Å²) in [4.78, 5) is 13.2. The van der Waals surface area contributed by atoms with Gasteiger partial charge in [0.2, 0.25) is 16.4 Å². The van der Waals surface area contributed by atoms with Gasteiger partial charge in [0, 0.05) is 6.07 Å². The first-order valence-electron chi connectivity index (χ1n) is 5.44. The zero-order chi connectivity index (χ0) is 15.5. The molecule has 21 heavy (non-hydrogen) atoms. The zero-order valence-electron chi connectivity index (χ0n) is 10.4. The lowest BCUT2D eigenvalue weighted by molar-refractivity contribution is -0.387. The van der Waals surface area contributed by atoms with Crippen molar-refractivity contribution in [2.75, 3.05) is 5.43 Å². The number of hydrazine groups is 1. The third kappa shape index (κ3) is 3.31. The Bertz CT molecular complexity index is 744. The van der Waals surface area contributed by atoms with Gasteiger partial charge in [-0.3, -0.25) is 16.0 Å². The second kappa shape index (κ2) is 5.82. The van der Waals surface area contributed by atoms with Crippen LogP contribution >= 0.6 is 0 Å². The molecule has 0 aliphatic rings. The fraction of sp³-hybridized carbons (Fsp3) is 0.111. The quantitative estimate of drug-likeness (QED) is 0.369. The molecule has 11 nitrogen and oxygen atoms in total. The van der Waals surface area contributed by atoms with Crippen LogP contribution in [0.15, 0.2) is 34.0 Å². The Morgan fingerprint density at radius 3 is 2.76 bits per heavy atom. The summed E-state index contributed by atoms with van der Waals surface area (Å²) in [6.07, 6.45) is 1.03. The summed E-state index contributed by atoms with van der Waals surface area (Å²) in [6, 6.07) is 3.38. The molecule has 1 heterocycles. The molecule has 2 rings (SSSR count). The lowest BCUT2D eigenvalue weighted by Crippen LogP contribution is -2.25. The van der Waals surface area contributed by atoms with Gasteiger partial charge in [0.05, 0.1) is 17.2 Å². The van der Waals surface area contributed by atoms with Crippen molar-refractivity contribution in [2.45, 2.75) is 11.4 Å². The number of aromatic nitrogens is 2. The number of nitrogens with zero attached hydrogens (tertiary/aromatic N) is 3. The maximum atomic E-state index is 12.2. The molecule has 0 amide bonds. The van der Waals surface area contributed by atoms with E-state index in [2.05, 4.69) is 24.8 Å². The first kappa shape index (κ1) is 14.8. The minimum absolute atomic E-state index is 0.0920. The van der Waals surface area contributed by atoms with E-state index in [0.29, 0.717) is 0 Å². The van der Waals surface area contributed by atoms with Crippen LogP contribution in [-0.2, 0) is 16.6 Å². The van der Waals surface area contributed by atoms with Gasteiger partial charge in [-0.2, -0.15) is 4.98 Å². The first-order valence-corrected chi connectivity index (χ1v) is 6.92. The number of rotatable bonds is 6. The van der Waals surface area contributed by atoms with Gasteiger partial charge in [-0.15, -0.1) is 0 Å². The van der Waals surface area contributed by atoms with Crippen LogP contribution in [0.1, 0.15) is 5.82 Å².